The van der Waals surface area contributed by atoms with Gasteiger partial charge in [0.05, 0.1) is 17.8 Å². The maximum atomic E-state index is 12.6. The zero-order chi connectivity index (χ0) is 17.4. The number of H-pyrrole nitrogens is 1. The van der Waals surface area contributed by atoms with Crippen molar-refractivity contribution in [1.29, 1.82) is 0 Å². The number of nitrogens with zero attached hydrogens (tertiary/aromatic N) is 3. The first kappa shape index (κ1) is 16.4. The number of benzene rings is 1. The summed E-state index contributed by atoms with van der Waals surface area (Å²) < 4.78 is 0. The SMILES string of the molecule is Cc1cnc(CN2CCc3nc(-c4ccc(Cl)cc4)[nH]c(=O)c3C2)s1. The monoisotopic (exact) mass is 372 g/mol. The maximum absolute atomic E-state index is 12.6. The van der Waals surface area contributed by atoms with Crippen LogP contribution >= 0.6 is 22.9 Å². The molecule has 0 saturated carbocycles. The average Bonchev–Trinajstić information content (AvgIpc) is 3.01. The van der Waals surface area contributed by atoms with Crippen molar-refractivity contribution >= 4 is 22.9 Å². The fraction of sp³-hybridized carbons (Fsp3) is 0.278. The maximum Gasteiger partial charge on any atom is 0.255 e. The minimum atomic E-state index is -0.0602. The number of hydrogen-bond acceptors (Lipinski definition) is 5. The molecule has 0 unspecified atom stereocenters. The molecule has 1 aliphatic rings. The van der Waals surface area contributed by atoms with Crippen molar-refractivity contribution in [2.24, 2.45) is 0 Å². The van der Waals surface area contributed by atoms with Crippen molar-refractivity contribution in [3.63, 3.8) is 0 Å². The molecule has 1 aliphatic heterocycles. The molecule has 2 aromatic heterocycles. The Morgan fingerprint density at radius 1 is 1.32 bits per heavy atom. The number of thiazole rings is 1. The van der Waals surface area contributed by atoms with Crippen LogP contribution in [0.3, 0.4) is 0 Å². The van der Waals surface area contributed by atoms with E-state index in [2.05, 4.69) is 26.8 Å². The highest BCUT2D eigenvalue weighted by atomic mass is 35.5. The molecule has 0 bridgehead atoms. The van der Waals surface area contributed by atoms with E-state index in [1.54, 1.807) is 23.5 Å². The van der Waals surface area contributed by atoms with E-state index >= 15 is 0 Å². The Bertz CT molecular complexity index is 964. The molecule has 3 aromatic rings. The molecule has 4 rings (SSSR count). The second kappa shape index (κ2) is 6.71. The Kier molecular flexibility index (Phi) is 4.41. The highest BCUT2D eigenvalue weighted by Gasteiger charge is 2.22. The molecule has 128 valence electrons. The van der Waals surface area contributed by atoms with Crippen molar-refractivity contribution < 1.29 is 0 Å². The van der Waals surface area contributed by atoms with E-state index in [1.807, 2.05) is 18.3 Å². The third-order valence-electron chi connectivity index (χ3n) is 4.29. The number of aryl methyl sites for hydroxylation is 1. The summed E-state index contributed by atoms with van der Waals surface area (Å²) in [5.41, 5.74) is 2.46. The predicted octanol–water partition coefficient (Wildman–Crippen LogP) is 3.41. The molecule has 0 amide bonds. The molecule has 1 aromatic carbocycles. The molecular formula is C18H17ClN4OS. The van der Waals surface area contributed by atoms with E-state index in [1.165, 1.54) is 4.88 Å². The Labute approximate surface area is 154 Å². The number of aromatic nitrogens is 3. The van der Waals surface area contributed by atoms with Crippen molar-refractivity contribution in [3.05, 3.63) is 67.0 Å². The van der Waals surface area contributed by atoms with Gasteiger partial charge in [-0.25, -0.2) is 9.97 Å². The van der Waals surface area contributed by atoms with Gasteiger partial charge in [-0.3, -0.25) is 9.69 Å². The Balaban J connectivity index is 1.59. The molecule has 3 heterocycles. The molecule has 0 radical (unpaired) electrons. The normalized spacial score (nSPS) is 14.5. The Morgan fingerprint density at radius 3 is 2.84 bits per heavy atom. The lowest BCUT2D eigenvalue weighted by Crippen LogP contribution is -2.35. The van der Waals surface area contributed by atoms with Crippen LogP contribution in [0.15, 0.2) is 35.3 Å². The molecular weight excluding hydrogens is 356 g/mol. The van der Waals surface area contributed by atoms with Crippen molar-refractivity contribution in [2.75, 3.05) is 6.54 Å². The van der Waals surface area contributed by atoms with Gasteiger partial charge in [-0.15, -0.1) is 11.3 Å². The van der Waals surface area contributed by atoms with Gasteiger partial charge in [-0.2, -0.15) is 0 Å². The molecule has 25 heavy (non-hydrogen) atoms. The fourth-order valence-electron chi connectivity index (χ4n) is 3.03. The van der Waals surface area contributed by atoms with Gasteiger partial charge >= 0.3 is 0 Å². The lowest BCUT2D eigenvalue weighted by Gasteiger charge is -2.26. The van der Waals surface area contributed by atoms with Crippen molar-refractivity contribution in [2.45, 2.75) is 26.4 Å². The average molecular weight is 373 g/mol. The largest absolute Gasteiger partial charge is 0.306 e. The number of rotatable bonds is 3. The number of halogens is 1. The van der Waals surface area contributed by atoms with E-state index in [4.69, 9.17) is 11.6 Å². The standard InChI is InChI=1S/C18H17ClN4OS/c1-11-8-20-16(25-11)10-23-7-6-15-14(9-23)18(24)22-17(21-15)12-2-4-13(19)5-3-12/h2-5,8H,6-7,9-10H2,1H3,(H,21,22,24). The third-order valence-corrected chi connectivity index (χ3v) is 5.44. The first-order chi connectivity index (χ1) is 12.1. The first-order valence-electron chi connectivity index (χ1n) is 8.10. The van der Waals surface area contributed by atoms with E-state index in [-0.39, 0.29) is 5.56 Å². The summed E-state index contributed by atoms with van der Waals surface area (Å²) in [7, 11) is 0. The van der Waals surface area contributed by atoms with Crippen LogP contribution in [0.1, 0.15) is 21.1 Å². The summed E-state index contributed by atoms with van der Waals surface area (Å²) in [4.78, 5) is 28.0. The van der Waals surface area contributed by atoms with Crippen LogP contribution in [0.25, 0.3) is 11.4 Å². The molecule has 0 aliphatic carbocycles. The summed E-state index contributed by atoms with van der Waals surface area (Å²) >= 11 is 7.63. The lowest BCUT2D eigenvalue weighted by molar-refractivity contribution is 0.241. The van der Waals surface area contributed by atoms with Crippen molar-refractivity contribution in [3.8, 4) is 11.4 Å². The predicted molar refractivity (Wildman–Crippen MR) is 100.0 cm³/mol. The van der Waals surface area contributed by atoms with Gasteiger partial charge in [0, 0.05) is 41.2 Å². The van der Waals surface area contributed by atoms with Gasteiger partial charge in [0.15, 0.2) is 0 Å². The first-order valence-corrected chi connectivity index (χ1v) is 9.29. The summed E-state index contributed by atoms with van der Waals surface area (Å²) in [5, 5.41) is 1.75. The van der Waals surface area contributed by atoms with Crippen LogP contribution in [-0.4, -0.2) is 26.4 Å². The molecule has 1 N–H and O–H groups in total. The van der Waals surface area contributed by atoms with Crippen LogP contribution in [0.5, 0.6) is 0 Å². The third kappa shape index (κ3) is 3.51. The topological polar surface area (TPSA) is 61.9 Å². The molecule has 0 saturated heterocycles. The van der Waals surface area contributed by atoms with Crippen LogP contribution in [0.2, 0.25) is 5.02 Å². The van der Waals surface area contributed by atoms with Crippen LogP contribution < -0.4 is 5.56 Å². The number of nitrogens with one attached hydrogen (secondary N) is 1. The van der Waals surface area contributed by atoms with Gasteiger partial charge in [0.2, 0.25) is 0 Å². The summed E-state index contributed by atoms with van der Waals surface area (Å²) in [6.07, 6.45) is 2.66. The molecule has 0 spiro atoms. The second-order valence-corrected chi connectivity index (χ2v) is 7.93. The number of hydrogen-bond donors (Lipinski definition) is 1. The smallest absolute Gasteiger partial charge is 0.255 e. The van der Waals surface area contributed by atoms with Crippen LogP contribution in [-0.2, 0) is 19.5 Å². The quantitative estimate of drug-likeness (QED) is 0.765. The Hall–Kier alpha value is -2.02. The van der Waals surface area contributed by atoms with Crippen molar-refractivity contribution in [1.82, 2.24) is 19.9 Å². The zero-order valence-corrected chi connectivity index (χ0v) is 15.3. The zero-order valence-electron chi connectivity index (χ0n) is 13.8. The van der Waals surface area contributed by atoms with Gasteiger partial charge in [0.1, 0.15) is 10.8 Å². The molecule has 0 fully saturated rings. The number of aromatic amines is 1. The minimum Gasteiger partial charge on any atom is -0.306 e. The van der Waals surface area contributed by atoms with Gasteiger partial charge in [-0.05, 0) is 31.2 Å². The second-order valence-electron chi connectivity index (χ2n) is 6.17. The van der Waals surface area contributed by atoms with Crippen LogP contribution in [0, 0.1) is 6.92 Å². The summed E-state index contributed by atoms with van der Waals surface area (Å²) in [6, 6.07) is 7.34. The fourth-order valence-corrected chi connectivity index (χ4v) is 3.98. The van der Waals surface area contributed by atoms with Crippen LogP contribution in [0.4, 0.5) is 0 Å². The minimum absolute atomic E-state index is 0.0602. The summed E-state index contributed by atoms with van der Waals surface area (Å²) in [6.45, 7) is 4.31. The van der Waals surface area contributed by atoms with Gasteiger partial charge in [0.25, 0.3) is 5.56 Å². The van der Waals surface area contributed by atoms with Gasteiger partial charge in [-0.1, -0.05) is 11.6 Å². The molecule has 0 atom stereocenters. The Morgan fingerprint density at radius 2 is 2.12 bits per heavy atom. The lowest BCUT2D eigenvalue weighted by atomic mass is 10.1. The van der Waals surface area contributed by atoms with E-state index < -0.39 is 0 Å². The highest BCUT2D eigenvalue weighted by Crippen LogP contribution is 2.22. The summed E-state index contributed by atoms with van der Waals surface area (Å²) in [5.74, 6) is 0.601. The van der Waals surface area contributed by atoms with Gasteiger partial charge < -0.3 is 4.98 Å². The van der Waals surface area contributed by atoms with E-state index in [0.717, 1.165) is 41.3 Å². The van der Waals surface area contributed by atoms with E-state index in [0.29, 0.717) is 17.4 Å². The van der Waals surface area contributed by atoms with E-state index in [9.17, 15) is 4.79 Å². The highest BCUT2D eigenvalue weighted by molar-refractivity contribution is 7.11. The molecule has 7 heteroatoms. The molecule has 5 nitrogen and oxygen atoms in total. The number of fused-ring (bicyclic) bond motifs is 1.